The van der Waals surface area contributed by atoms with Crippen molar-refractivity contribution < 1.29 is 41.7 Å². The fourth-order valence-electron chi connectivity index (χ4n) is 5.91. The van der Waals surface area contributed by atoms with Crippen molar-refractivity contribution in [1.82, 2.24) is 0 Å². The highest BCUT2D eigenvalue weighted by atomic mass is 32.2. The lowest BCUT2D eigenvalue weighted by molar-refractivity contribution is 0.0695. The molecule has 1 aliphatic rings. The van der Waals surface area contributed by atoms with Gasteiger partial charge in [0.25, 0.3) is 0 Å². The third kappa shape index (κ3) is 7.34. The molecule has 4 aromatic carbocycles. The number of sulfone groups is 2. The number of carboxylic acid groups (broad SMARTS) is 1. The molecule has 13 heteroatoms. The van der Waals surface area contributed by atoms with Crippen LogP contribution in [-0.2, 0) is 19.7 Å². The molecule has 0 radical (unpaired) electrons. The van der Waals surface area contributed by atoms with E-state index in [-0.39, 0.29) is 34.3 Å². The maximum Gasteiger partial charge on any atom is 0.335 e. The van der Waals surface area contributed by atoms with E-state index in [1.165, 1.54) is 6.07 Å². The number of aliphatic hydroxyl groups excluding tert-OH is 2. The summed E-state index contributed by atoms with van der Waals surface area (Å²) in [5, 5.41) is 28.4. The minimum atomic E-state index is -3.68. The highest BCUT2D eigenvalue weighted by molar-refractivity contribution is 7.91. The monoisotopic (exact) mass is 694 g/mol. The third-order valence-corrected chi connectivity index (χ3v) is 11.7. The molecule has 0 aliphatic carbocycles. The van der Waals surface area contributed by atoms with E-state index in [2.05, 4.69) is 0 Å². The highest BCUT2D eigenvalue weighted by Crippen LogP contribution is 2.50. The van der Waals surface area contributed by atoms with Gasteiger partial charge >= 0.3 is 5.97 Å². The zero-order valence-corrected chi connectivity index (χ0v) is 28.2. The number of rotatable bonds is 14. The molecular weight excluding hydrogens is 657 g/mol. The normalized spacial score (nSPS) is 14.0. The fourth-order valence-corrected chi connectivity index (χ4v) is 8.01. The van der Waals surface area contributed by atoms with Gasteiger partial charge in [-0.2, -0.15) is 0 Å². The zero-order chi connectivity index (χ0) is 34.6. The van der Waals surface area contributed by atoms with Crippen molar-refractivity contribution in [1.29, 1.82) is 0 Å². The van der Waals surface area contributed by atoms with Gasteiger partial charge in [-0.1, -0.05) is 36.4 Å². The predicted molar refractivity (Wildman–Crippen MR) is 185 cm³/mol. The molecule has 3 N–H and O–H groups in total. The van der Waals surface area contributed by atoms with E-state index in [0.29, 0.717) is 40.7 Å². The summed E-state index contributed by atoms with van der Waals surface area (Å²) >= 11 is 0. The predicted octanol–water partition coefficient (Wildman–Crippen LogP) is 4.44. The van der Waals surface area contributed by atoms with Crippen LogP contribution in [0.1, 0.15) is 39.9 Å². The Morgan fingerprint density at radius 2 is 1.38 bits per heavy atom. The number of carbonyl (C=O) groups is 1. The first kappa shape index (κ1) is 34.9. The fraction of sp³-hybridized carbons (Fsp3) is 0.286. The van der Waals surface area contributed by atoms with Gasteiger partial charge in [0.05, 0.1) is 40.9 Å². The number of aliphatic hydroxyl groups is 2. The van der Waals surface area contributed by atoms with Crippen LogP contribution in [0.5, 0.6) is 11.5 Å². The lowest BCUT2D eigenvalue weighted by atomic mass is 9.80. The minimum Gasteiger partial charge on any atom is -0.478 e. The Labute approximate surface area is 280 Å². The lowest BCUT2D eigenvalue weighted by Gasteiger charge is -2.32. The maximum absolute atomic E-state index is 12.7. The van der Waals surface area contributed by atoms with Crippen molar-refractivity contribution in [2.24, 2.45) is 0 Å². The van der Waals surface area contributed by atoms with Crippen molar-refractivity contribution >= 4 is 42.7 Å². The molecule has 0 spiro atoms. The largest absolute Gasteiger partial charge is 0.478 e. The van der Waals surface area contributed by atoms with E-state index in [1.807, 2.05) is 42.2 Å². The topological polar surface area (TPSA) is 162 Å². The molecule has 0 saturated carbocycles. The molecule has 0 aromatic heterocycles. The molecule has 48 heavy (non-hydrogen) atoms. The second-order valence-corrected chi connectivity index (χ2v) is 15.9. The van der Waals surface area contributed by atoms with E-state index in [0.717, 1.165) is 11.1 Å². The molecule has 4 aromatic rings. The van der Waals surface area contributed by atoms with Gasteiger partial charge in [0.1, 0.15) is 11.5 Å². The summed E-state index contributed by atoms with van der Waals surface area (Å²) < 4.78 is 56.4. The van der Waals surface area contributed by atoms with Gasteiger partial charge in [-0.25, -0.2) is 21.6 Å². The average molecular weight is 695 g/mol. The number of aromatic carboxylic acids is 1. The number of carboxylic acids is 1. The van der Waals surface area contributed by atoms with Crippen LogP contribution < -0.4 is 14.5 Å². The number of ether oxygens (including phenoxy) is 1. The summed E-state index contributed by atoms with van der Waals surface area (Å²) in [4.78, 5) is 16.1. The van der Waals surface area contributed by atoms with Crippen LogP contribution in [0.15, 0.2) is 89.8 Å². The molecule has 5 rings (SSSR count). The molecule has 0 fully saturated rings. The summed E-state index contributed by atoms with van der Waals surface area (Å²) in [7, 11) is -5.35. The summed E-state index contributed by atoms with van der Waals surface area (Å²) in [6.07, 6.45) is 0. The van der Waals surface area contributed by atoms with Crippen LogP contribution in [0.4, 0.5) is 17.1 Å². The van der Waals surface area contributed by atoms with Crippen LogP contribution in [-0.4, -0.2) is 88.7 Å². The van der Waals surface area contributed by atoms with Crippen LogP contribution in [0.2, 0.25) is 0 Å². The standard InChI is InChI=1S/C35H38N2O9S2/c1-3-37(25-7-6-8-27(21-25)48(44,45)20-17-39)26-12-14-31-33(23-26)46-32-22-24(36(2)15-18-47(42,43)19-16-38)11-13-30(32)34(31)28-9-4-5-10-29(28)35(40)41/h4-14,21-23,34,38-39H,3,15-20H2,1-2H3,(H,40,41). The van der Waals surface area contributed by atoms with E-state index >= 15 is 0 Å². The highest BCUT2D eigenvalue weighted by Gasteiger charge is 2.32. The molecule has 0 saturated heterocycles. The van der Waals surface area contributed by atoms with E-state index in [4.69, 9.17) is 9.84 Å². The first-order valence-electron chi connectivity index (χ1n) is 15.4. The van der Waals surface area contributed by atoms with Crippen LogP contribution in [0, 0.1) is 0 Å². The maximum atomic E-state index is 12.7. The van der Waals surface area contributed by atoms with Gasteiger partial charge < -0.3 is 29.9 Å². The Bertz CT molecular complexity index is 2030. The summed E-state index contributed by atoms with van der Waals surface area (Å²) in [5.41, 5.74) is 4.23. The van der Waals surface area contributed by atoms with E-state index < -0.39 is 44.8 Å². The number of nitrogens with zero attached hydrogens (tertiary/aromatic N) is 2. The van der Waals surface area contributed by atoms with E-state index in [9.17, 15) is 31.8 Å². The molecule has 1 heterocycles. The number of benzene rings is 4. The van der Waals surface area contributed by atoms with Gasteiger partial charge in [0.2, 0.25) is 0 Å². The van der Waals surface area contributed by atoms with Crippen molar-refractivity contribution in [2.75, 3.05) is 60.4 Å². The Hall–Kier alpha value is -4.43. The van der Waals surface area contributed by atoms with Crippen molar-refractivity contribution in [3.63, 3.8) is 0 Å². The Kier molecular flexibility index (Phi) is 10.4. The first-order valence-corrected chi connectivity index (χ1v) is 18.9. The number of anilines is 3. The van der Waals surface area contributed by atoms with Gasteiger partial charge in [-0.15, -0.1) is 0 Å². The second-order valence-electron chi connectivity index (χ2n) is 11.5. The van der Waals surface area contributed by atoms with Gasteiger partial charge in [-0.3, -0.25) is 0 Å². The molecule has 1 atom stereocenters. The van der Waals surface area contributed by atoms with Gasteiger partial charge in [0.15, 0.2) is 19.7 Å². The summed E-state index contributed by atoms with van der Waals surface area (Å²) in [6, 6.07) is 24.4. The quantitative estimate of drug-likeness (QED) is 0.151. The third-order valence-electron chi connectivity index (χ3n) is 8.40. The van der Waals surface area contributed by atoms with Crippen LogP contribution >= 0.6 is 0 Å². The SMILES string of the molecule is CCN(c1cccc(S(=O)(=O)CCO)c1)c1ccc2c(c1)Oc1cc(N(C)CCS(=O)(=O)CCO)ccc1C2c1ccccc1C(=O)O. The van der Waals surface area contributed by atoms with Crippen molar-refractivity contribution in [3.05, 3.63) is 107 Å². The number of fused-ring (bicyclic) bond motifs is 2. The van der Waals surface area contributed by atoms with E-state index in [1.54, 1.807) is 60.5 Å². The van der Waals surface area contributed by atoms with Crippen LogP contribution in [0.25, 0.3) is 0 Å². The smallest absolute Gasteiger partial charge is 0.335 e. The second kappa shape index (κ2) is 14.4. The van der Waals surface area contributed by atoms with Crippen molar-refractivity contribution in [3.8, 4) is 11.5 Å². The Morgan fingerprint density at radius 1 is 0.750 bits per heavy atom. The summed E-state index contributed by atoms with van der Waals surface area (Å²) in [6.45, 7) is 1.67. The first-order chi connectivity index (χ1) is 22.9. The van der Waals surface area contributed by atoms with Gasteiger partial charge in [0, 0.05) is 66.4 Å². The Balaban J connectivity index is 1.59. The van der Waals surface area contributed by atoms with Crippen LogP contribution in [0.3, 0.4) is 0 Å². The molecular formula is C35H38N2O9S2. The molecule has 1 aliphatic heterocycles. The molecule has 0 amide bonds. The minimum absolute atomic E-state index is 0.0989. The number of hydrogen-bond acceptors (Lipinski definition) is 10. The zero-order valence-electron chi connectivity index (χ0n) is 26.6. The molecule has 11 nitrogen and oxygen atoms in total. The lowest BCUT2D eigenvalue weighted by Crippen LogP contribution is -2.27. The Morgan fingerprint density at radius 3 is 2.02 bits per heavy atom. The summed E-state index contributed by atoms with van der Waals surface area (Å²) in [5.74, 6) is -1.44. The number of hydrogen-bond donors (Lipinski definition) is 3. The average Bonchev–Trinajstić information content (AvgIpc) is 3.06. The molecule has 254 valence electrons. The van der Waals surface area contributed by atoms with Gasteiger partial charge in [-0.05, 0) is 48.9 Å². The van der Waals surface area contributed by atoms with Crippen molar-refractivity contribution in [2.45, 2.75) is 17.7 Å². The molecule has 0 bridgehead atoms. The molecule has 1 unspecified atom stereocenters.